The van der Waals surface area contributed by atoms with Gasteiger partial charge in [0.25, 0.3) is 0 Å². The zero-order valence-corrected chi connectivity index (χ0v) is 8.95. The number of aryl methyl sites for hydroxylation is 1. The zero-order valence-electron chi connectivity index (χ0n) is 8.95. The molecule has 0 saturated heterocycles. The van der Waals surface area contributed by atoms with Gasteiger partial charge in [0.2, 0.25) is 0 Å². The van der Waals surface area contributed by atoms with E-state index in [1.54, 1.807) is 7.11 Å². The smallest absolute Gasteiger partial charge is 0.0750 e. The van der Waals surface area contributed by atoms with Gasteiger partial charge in [-0.3, -0.25) is 11.3 Å². The summed E-state index contributed by atoms with van der Waals surface area (Å²) in [7, 11) is 1.68. The van der Waals surface area contributed by atoms with E-state index >= 15 is 0 Å². The molecule has 78 valence electrons. The first-order chi connectivity index (χ1) is 6.69. The van der Waals surface area contributed by atoms with Crippen LogP contribution >= 0.6 is 0 Å². The summed E-state index contributed by atoms with van der Waals surface area (Å²) >= 11 is 0. The van der Waals surface area contributed by atoms with Crippen molar-refractivity contribution in [2.24, 2.45) is 5.84 Å². The Morgan fingerprint density at radius 2 is 1.86 bits per heavy atom. The van der Waals surface area contributed by atoms with Crippen molar-refractivity contribution in [3.05, 3.63) is 35.4 Å². The van der Waals surface area contributed by atoms with Crippen molar-refractivity contribution >= 4 is 0 Å². The van der Waals surface area contributed by atoms with E-state index in [4.69, 9.17) is 10.6 Å². The molecule has 0 amide bonds. The van der Waals surface area contributed by atoms with Gasteiger partial charge in [-0.1, -0.05) is 29.8 Å². The Balaban J connectivity index is 2.84. The minimum Gasteiger partial charge on any atom is -0.380 e. The van der Waals surface area contributed by atoms with E-state index < -0.39 is 0 Å². The molecule has 2 unspecified atom stereocenters. The quantitative estimate of drug-likeness (QED) is 0.564. The Kier molecular flexibility index (Phi) is 4.07. The molecule has 1 aromatic carbocycles. The molecule has 0 spiro atoms. The van der Waals surface area contributed by atoms with Gasteiger partial charge in [0.15, 0.2) is 0 Å². The molecule has 3 nitrogen and oxygen atoms in total. The summed E-state index contributed by atoms with van der Waals surface area (Å²) in [6, 6.07) is 8.31. The fourth-order valence-electron chi connectivity index (χ4n) is 1.41. The summed E-state index contributed by atoms with van der Waals surface area (Å²) in [6.07, 6.45) is 0.0581. The fourth-order valence-corrected chi connectivity index (χ4v) is 1.41. The Morgan fingerprint density at radius 3 is 2.29 bits per heavy atom. The second-order valence-electron chi connectivity index (χ2n) is 3.50. The van der Waals surface area contributed by atoms with Crippen molar-refractivity contribution in [3.63, 3.8) is 0 Å². The van der Waals surface area contributed by atoms with Crippen molar-refractivity contribution in [1.82, 2.24) is 5.43 Å². The average Bonchev–Trinajstić information content (AvgIpc) is 2.21. The van der Waals surface area contributed by atoms with Crippen molar-refractivity contribution in [1.29, 1.82) is 0 Å². The lowest BCUT2D eigenvalue weighted by Gasteiger charge is -2.22. The summed E-state index contributed by atoms with van der Waals surface area (Å²) < 4.78 is 5.25. The molecule has 0 fully saturated rings. The van der Waals surface area contributed by atoms with Crippen LogP contribution in [0.25, 0.3) is 0 Å². The van der Waals surface area contributed by atoms with Crippen LogP contribution < -0.4 is 11.3 Å². The number of hydrogen-bond acceptors (Lipinski definition) is 3. The lowest BCUT2D eigenvalue weighted by Crippen LogP contribution is -2.36. The minimum atomic E-state index is 0.0422. The van der Waals surface area contributed by atoms with E-state index in [1.165, 1.54) is 5.56 Å². The summed E-state index contributed by atoms with van der Waals surface area (Å²) in [5.74, 6) is 5.49. The number of hydrogen-bond donors (Lipinski definition) is 2. The number of benzene rings is 1. The molecule has 3 N–H and O–H groups in total. The highest BCUT2D eigenvalue weighted by molar-refractivity contribution is 5.24. The van der Waals surface area contributed by atoms with Gasteiger partial charge in [-0.25, -0.2) is 0 Å². The van der Waals surface area contributed by atoms with Gasteiger partial charge in [0, 0.05) is 7.11 Å². The van der Waals surface area contributed by atoms with Gasteiger partial charge in [-0.2, -0.15) is 0 Å². The summed E-state index contributed by atoms with van der Waals surface area (Å²) in [6.45, 7) is 4.05. The molecule has 0 aromatic heterocycles. The van der Waals surface area contributed by atoms with Crippen LogP contribution in [0.2, 0.25) is 0 Å². The molecule has 0 saturated carbocycles. The van der Waals surface area contributed by atoms with E-state index in [1.807, 2.05) is 6.92 Å². The number of ether oxygens (including phenoxy) is 1. The standard InChI is InChI=1S/C11H18N2O/c1-8-4-6-10(7-5-8)11(13-12)9(2)14-3/h4-7,9,11,13H,12H2,1-3H3. The van der Waals surface area contributed by atoms with Crippen LogP contribution in [0.3, 0.4) is 0 Å². The third-order valence-electron chi connectivity index (χ3n) is 2.46. The first kappa shape index (κ1) is 11.2. The zero-order chi connectivity index (χ0) is 10.6. The monoisotopic (exact) mass is 194 g/mol. The van der Waals surface area contributed by atoms with Crippen LogP contribution in [-0.2, 0) is 4.74 Å². The Morgan fingerprint density at radius 1 is 1.29 bits per heavy atom. The van der Waals surface area contributed by atoms with Crippen LogP contribution in [0.5, 0.6) is 0 Å². The molecule has 0 aliphatic heterocycles. The summed E-state index contributed by atoms with van der Waals surface area (Å²) in [4.78, 5) is 0. The highest BCUT2D eigenvalue weighted by Gasteiger charge is 2.16. The van der Waals surface area contributed by atoms with E-state index in [0.717, 1.165) is 5.56 Å². The Hall–Kier alpha value is -0.900. The van der Waals surface area contributed by atoms with Crippen LogP contribution in [-0.4, -0.2) is 13.2 Å². The lowest BCUT2D eigenvalue weighted by molar-refractivity contribution is 0.0831. The van der Waals surface area contributed by atoms with Gasteiger partial charge < -0.3 is 4.74 Å². The summed E-state index contributed by atoms with van der Waals surface area (Å²) in [5.41, 5.74) is 5.15. The van der Waals surface area contributed by atoms with E-state index in [2.05, 4.69) is 36.6 Å². The van der Waals surface area contributed by atoms with Crippen LogP contribution in [0.15, 0.2) is 24.3 Å². The van der Waals surface area contributed by atoms with Gasteiger partial charge in [-0.05, 0) is 19.4 Å². The number of methoxy groups -OCH3 is 1. The van der Waals surface area contributed by atoms with Crippen molar-refractivity contribution in [3.8, 4) is 0 Å². The van der Waals surface area contributed by atoms with Crippen LogP contribution in [0, 0.1) is 6.92 Å². The highest BCUT2D eigenvalue weighted by Crippen LogP contribution is 2.18. The second-order valence-corrected chi connectivity index (χ2v) is 3.50. The molecule has 0 heterocycles. The van der Waals surface area contributed by atoms with Gasteiger partial charge in [0.05, 0.1) is 12.1 Å². The summed E-state index contributed by atoms with van der Waals surface area (Å²) in [5, 5.41) is 0. The molecule has 0 aliphatic rings. The first-order valence-electron chi connectivity index (χ1n) is 4.74. The second kappa shape index (κ2) is 5.10. The molecule has 2 atom stereocenters. The molecular formula is C11H18N2O. The first-order valence-corrected chi connectivity index (χ1v) is 4.74. The molecular weight excluding hydrogens is 176 g/mol. The van der Waals surface area contributed by atoms with Gasteiger partial charge in [-0.15, -0.1) is 0 Å². The SMILES string of the molecule is COC(C)C(NN)c1ccc(C)cc1. The normalized spacial score (nSPS) is 15.1. The third-order valence-corrected chi connectivity index (χ3v) is 2.46. The maximum absolute atomic E-state index is 5.49. The minimum absolute atomic E-state index is 0.0422. The van der Waals surface area contributed by atoms with E-state index in [0.29, 0.717) is 0 Å². The molecule has 0 bridgehead atoms. The third kappa shape index (κ3) is 2.54. The van der Waals surface area contributed by atoms with Crippen LogP contribution in [0.1, 0.15) is 24.1 Å². The predicted octanol–water partition coefficient (Wildman–Crippen LogP) is 1.53. The number of nitrogens with two attached hydrogens (primary N) is 1. The number of nitrogens with one attached hydrogen (secondary N) is 1. The maximum Gasteiger partial charge on any atom is 0.0750 e. The van der Waals surface area contributed by atoms with Crippen molar-refractivity contribution < 1.29 is 4.74 Å². The molecule has 1 aromatic rings. The predicted molar refractivity (Wildman–Crippen MR) is 57.7 cm³/mol. The molecule has 0 aliphatic carbocycles. The lowest BCUT2D eigenvalue weighted by atomic mass is 10.0. The maximum atomic E-state index is 5.49. The number of hydrazine groups is 1. The largest absolute Gasteiger partial charge is 0.380 e. The molecule has 0 radical (unpaired) electrons. The van der Waals surface area contributed by atoms with Crippen LogP contribution in [0.4, 0.5) is 0 Å². The number of rotatable bonds is 4. The molecule has 3 heteroatoms. The Bertz CT molecular complexity index is 271. The highest BCUT2D eigenvalue weighted by atomic mass is 16.5. The Labute approximate surface area is 85.2 Å². The fraction of sp³-hybridized carbons (Fsp3) is 0.455. The van der Waals surface area contributed by atoms with E-state index in [-0.39, 0.29) is 12.1 Å². The van der Waals surface area contributed by atoms with Crippen molar-refractivity contribution in [2.75, 3.05) is 7.11 Å². The topological polar surface area (TPSA) is 47.3 Å². The van der Waals surface area contributed by atoms with Gasteiger partial charge in [0.1, 0.15) is 0 Å². The van der Waals surface area contributed by atoms with Crippen molar-refractivity contribution in [2.45, 2.75) is 26.0 Å². The molecule has 1 rings (SSSR count). The molecule has 14 heavy (non-hydrogen) atoms. The average molecular weight is 194 g/mol. The van der Waals surface area contributed by atoms with E-state index in [9.17, 15) is 0 Å². The van der Waals surface area contributed by atoms with Gasteiger partial charge >= 0.3 is 0 Å².